The van der Waals surface area contributed by atoms with Crippen molar-refractivity contribution in [3.8, 4) is 0 Å². The number of carbonyl (C=O) groups is 5. The summed E-state index contributed by atoms with van der Waals surface area (Å²) in [5.41, 5.74) is 2.59. The van der Waals surface area contributed by atoms with Crippen LogP contribution in [-0.4, -0.2) is 70.1 Å². The number of amides is 4. The highest BCUT2D eigenvalue weighted by atomic mass is 16.2. The molecular formula is C30H37N5O5. The lowest BCUT2D eigenvalue weighted by Crippen LogP contribution is -2.58. The van der Waals surface area contributed by atoms with E-state index in [0.29, 0.717) is 31.6 Å². The number of nitrogens with zero attached hydrogens (tertiary/aromatic N) is 2. The van der Waals surface area contributed by atoms with Gasteiger partial charge in [-0.1, -0.05) is 12.1 Å². The molecule has 1 aromatic carbocycles. The number of carbonyl (C=O) groups excluding carboxylic acids is 5. The molecule has 10 heteroatoms. The van der Waals surface area contributed by atoms with Crippen LogP contribution >= 0.6 is 0 Å². The van der Waals surface area contributed by atoms with E-state index in [0.717, 1.165) is 48.6 Å². The zero-order valence-electron chi connectivity index (χ0n) is 23.1. The quantitative estimate of drug-likeness (QED) is 0.434. The molecule has 40 heavy (non-hydrogen) atoms. The first-order valence-corrected chi connectivity index (χ1v) is 14.4. The van der Waals surface area contributed by atoms with Gasteiger partial charge in [-0.05, 0) is 81.4 Å². The summed E-state index contributed by atoms with van der Waals surface area (Å²) in [6.45, 7) is 2.96. The van der Waals surface area contributed by atoms with Gasteiger partial charge in [-0.25, -0.2) is 0 Å². The summed E-state index contributed by atoms with van der Waals surface area (Å²) >= 11 is 0. The summed E-state index contributed by atoms with van der Waals surface area (Å²) in [6, 6.07) is 5.99. The normalized spacial score (nSPS) is 24.1. The monoisotopic (exact) mass is 547 g/mol. The third-order valence-corrected chi connectivity index (χ3v) is 9.28. The van der Waals surface area contributed by atoms with Crippen LogP contribution in [0.2, 0.25) is 0 Å². The maximum Gasteiger partial charge on any atom is 0.289 e. The van der Waals surface area contributed by atoms with Crippen LogP contribution in [0.15, 0.2) is 24.3 Å². The smallest absolute Gasteiger partial charge is 0.289 e. The second-order valence-electron chi connectivity index (χ2n) is 12.3. The van der Waals surface area contributed by atoms with Gasteiger partial charge in [0.25, 0.3) is 11.8 Å². The molecule has 4 fully saturated rings. The summed E-state index contributed by atoms with van der Waals surface area (Å²) in [5, 5.41) is 9.26. The van der Waals surface area contributed by atoms with Crippen molar-refractivity contribution in [3.05, 3.63) is 35.5 Å². The molecule has 3 atom stereocenters. The minimum atomic E-state index is -1.13. The highest BCUT2D eigenvalue weighted by molar-refractivity contribution is 6.38. The van der Waals surface area contributed by atoms with E-state index in [1.54, 1.807) is 4.90 Å². The first kappa shape index (κ1) is 26.5. The molecule has 2 aromatic rings. The number of Topliss-reactive ketones (excluding diaryl/α,β-unsaturated/α-hetero) is 1. The predicted octanol–water partition coefficient (Wildman–Crippen LogP) is 1.73. The molecule has 2 aliphatic heterocycles. The number of piperidine rings is 1. The van der Waals surface area contributed by atoms with E-state index >= 15 is 0 Å². The number of fused-ring (bicyclic) bond motifs is 1. The molecule has 0 bridgehead atoms. The van der Waals surface area contributed by atoms with Crippen molar-refractivity contribution in [2.75, 3.05) is 13.1 Å². The summed E-state index contributed by atoms with van der Waals surface area (Å²) in [6.07, 6.45) is 5.64. The Balaban J connectivity index is 1.25. The Bertz CT molecular complexity index is 1400. The molecule has 4 aliphatic rings. The number of aromatic nitrogens is 1. The Morgan fingerprint density at radius 1 is 1.10 bits per heavy atom. The number of hydrogen-bond acceptors (Lipinski definition) is 5. The minimum absolute atomic E-state index is 0.00616. The molecule has 2 saturated carbocycles. The summed E-state index contributed by atoms with van der Waals surface area (Å²) < 4.78 is 1.87. The average molecular weight is 548 g/mol. The van der Waals surface area contributed by atoms with Crippen LogP contribution in [-0.2, 0) is 26.2 Å². The van der Waals surface area contributed by atoms with Crippen LogP contribution in [0.1, 0.15) is 67.4 Å². The lowest BCUT2D eigenvalue weighted by atomic mass is 9.86. The van der Waals surface area contributed by atoms with Gasteiger partial charge in [-0.3, -0.25) is 24.0 Å². The van der Waals surface area contributed by atoms with Crippen LogP contribution < -0.4 is 16.0 Å². The van der Waals surface area contributed by atoms with E-state index in [9.17, 15) is 24.0 Å². The molecule has 10 nitrogen and oxygen atoms in total. The Morgan fingerprint density at radius 3 is 2.55 bits per heavy atom. The molecule has 212 valence electrons. The van der Waals surface area contributed by atoms with Crippen LogP contribution in [0.4, 0.5) is 0 Å². The largest absolute Gasteiger partial charge is 0.356 e. The van der Waals surface area contributed by atoms with Crippen molar-refractivity contribution in [3.63, 3.8) is 0 Å². The van der Waals surface area contributed by atoms with E-state index in [-0.39, 0.29) is 29.7 Å². The minimum Gasteiger partial charge on any atom is -0.356 e. The maximum atomic E-state index is 13.9. The topological polar surface area (TPSA) is 130 Å². The second-order valence-corrected chi connectivity index (χ2v) is 12.3. The Kier molecular flexibility index (Phi) is 6.67. The number of hydrogen-bond donors (Lipinski definition) is 3. The van der Waals surface area contributed by atoms with E-state index < -0.39 is 35.6 Å². The fraction of sp³-hybridized carbons (Fsp3) is 0.567. The number of rotatable bonds is 8. The summed E-state index contributed by atoms with van der Waals surface area (Å²) in [4.78, 5) is 67.7. The van der Waals surface area contributed by atoms with Crippen LogP contribution in [0.5, 0.6) is 0 Å². The number of ketones is 1. The molecule has 2 saturated heterocycles. The molecule has 6 rings (SSSR count). The van der Waals surface area contributed by atoms with E-state index in [1.165, 1.54) is 0 Å². The van der Waals surface area contributed by atoms with Gasteiger partial charge in [0.2, 0.25) is 17.6 Å². The van der Waals surface area contributed by atoms with Crippen molar-refractivity contribution in [1.82, 2.24) is 25.4 Å². The molecule has 4 amide bonds. The van der Waals surface area contributed by atoms with Crippen LogP contribution in [0, 0.1) is 18.3 Å². The van der Waals surface area contributed by atoms with Crippen LogP contribution in [0.3, 0.4) is 0 Å². The Hall–Kier alpha value is -3.69. The molecule has 3 N–H and O–H groups in total. The van der Waals surface area contributed by atoms with Crippen molar-refractivity contribution in [2.45, 2.75) is 76.4 Å². The summed E-state index contributed by atoms with van der Waals surface area (Å²) in [7, 11) is 1.86. The molecule has 1 aromatic heterocycles. The fourth-order valence-electron chi connectivity index (χ4n) is 6.33. The van der Waals surface area contributed by atoms with Gasteiger partial charge in [0.1, 0.15) is 11.7 Å². The molecule has 3 heterocycles. The van der Waals surface area contributed by atoms with Crippen molar-refractivity contribution < 1.29 is 24.0 Å². The molecule has 1 spiro atoms. The Morgan fingerprint density at radius 2 is 1.88 bits per heavy atom. The molecule has 0 unspecified atom stereocenters. The first-order valence-electron chi connectivity index (χ1n) is 14.4. The average Bonchev–Trinajstić information content (AvgIpc) is 3.84. The van der Waals surface area contributed by atoms with Crippen LogP contribution in [0.25, 0.3) is 10.9 Å². The molecular weight excluding hydrogens is 510 g/mol. The van der Waals surface area contributed by atoms with Gasteiger partial charge in [-0.15, -0.1) is 0 Å². The molecule has 2 aliphatic carbocycles. The standard InChI is InChI=1S/C30H37N5O5/c1-17-3-4-18-15-23(34(2)22(18)13-17)29(40)35-12-10-30(8-9-30)16-24(35)27(38)33-21(14-19-7-11-31-26(19)37)25(36)28(39)32-20-5-6-20/h3-4,13,15,19-21,24H,5-12,14,16H2,1-2H3,(H,31,37)(H,32,39)(H,33,38)/t19-,21-,24-/m0/s1. The van der Waals surface area contributed by atoms with Gasteiger partial charge in [0.15, 0.2) is 0 Å². The predicted molar refractivity (Wildman–Crippen MR) is 147 cm³/mol. The van der Waals surface area contributed by atoms with Crippen molar-refractivity contribution in [1.29, 1.82) is 0 Å². The van der Waals surface area contributed by atoms with E-state index in [2.05, 4.69) is 16.0 Å². The SMILES string of the molecule is Cc1ccc2cc(C(=O)N3CCC4(CC4)C[C@H]3C(=O)N[C@@H](C[C@@H]3CCNC3=O)C(=O)C(=O)NC3CC3)n(C)c2c1. The van der Waals surface area contributed by atoms with Gasteiger partial charge < -0.3 is 25.4 Å². The number of nitrogens with one attached hydrogen (secondary N) is 3. The van der Waals surface area contributed by atoms with Gasteiger partial charge >= 0.3 is 0 Å². The zero-order valence-corrected chi connectivity index (χ0v) is 23.1. The van der Waals surface area contributed by atoms with Crippen molar-refractivity contribution in [2.24, 2.45) is 18.4 Å². The van der Waals surface area contributed by atoms with E-state index in [1.807, 2.05) is 42.8 Å². The first-order chi connectivity index (χ1) is 19.1. The highest BCUT2D eigenvalue weighted by Gasteiger charge is 2.51. The number of benzene rings is 1. The van der Waals surface area contributed by atoms with Gasteiger partial charge in [-0.2, -0.15) is 0 Å². The van der Waals surface area contributed by atoms with Gasteiger partial charge in [0, 0.05) is 43.0 Å². The third-order valence-electron chi connectivity index (χ3n) is 9.28. The fourth-order valence-corrected chi connectivity index (χ4v) is 6.33. The lowest BCUT2D eigenvalue weighted by Gasteiger charge is -2.39. The number of aryl methyl sites for hydroxylation is 2. The Labute approximate surface area is 233 Å². The highest BCUT2D eigenvalue weighted by Crippen LogP contribution is 2.55. The molecule has 0 radical (unpaired) electrons. The third kappa shape index (κ3) is 5.11. The summed E-state index contributed by atoms with van der Waals surface area (Å²) in [5.74, 6) is -2.76. The van der Waals surface area contributed by atoms with Gasteiger partial charge in [0.05, 0.1) is 6.04 Å². The number of likely N-dealkylation sites (tertiary alicyclic amines) is 1. The zero-order chi connectivity index (χ0) is 28.2. The van der Waals surface area contributed by atoms with Crippen molar-refractivity contribution >= 4 is 40.3 Å². The lowest BCUT2D eigenvalue weighted by molar-refractivity contribution is -0.141. The van der Waals surface area contributed by atoms with E-state index in [4.69, 9.17) is 0 Å². The maximum absolute atomic E-state index is 13.9. The second kappa shape index (κ2) is 10.1.